The first kappa shape index (κ1) is 20.5. The molecule has 0 radical (unpaired) electrons. The third-order valence-corrected chi connectivity index (χ3v) is 4.79. The van der Waals surface area contributed by atoms with Crippen LogP contribution in [-0.2, 0) is 5.54 Å². The van der Waals surface area contributed by atoms with Crippen LogP contribution in [0.4, 0.5) is 0 Å². The molecule has 0 fully saturated rings. The Hall–Kier alpha value is -1.50. The van der Waals surface area contributed by atoms with Gasteiger partial charge in [0.25, 0.3) is 5.91 Å². The monoisotopic (exact) mass is 351 g/mol. The molecular weight excluding hydrogens is 322 g/mol. The maximum absolute atomic E-state index is 12.4. The van der Waals surface area contributed by atoms with E-state index >= 15 is 0 Å². The molecule has 24 heavy (non-hydrogen) atoms. The van der Waals surface area contributed by atoms with E-state index < -0.39 is 5.54 Å². The van der Waals surface area contributed by atoms with Crippen molar-refractivity contribution in [2.24, 2.45) is 17.4 Å². The summed E-state index contributed by atoms with van der Waals surface area (Å²) in [5.74, 6) is 0.715. The van der Waals surface area contributed by atoms with Gasteiger partial charge in [-0.3, -0.25) is 4.79 Å². The summed E-state index contributed by atoms with van der Waals surface area (Å²) in [7, 11) is 0. The number of amides is 1. The topological polar surface area (TPSA) is 101 Å². The summed E-state index contributed by atoms with van der Waals surface area (Å²) < 4.78 is 0. The highest BCUT2D eigenvalue weighted by molar-refractivity contribution is 8.02. The fraction of sp³-hybridized carbons (Fsp3) is 0.500. The summed E-state index contributed by atoms with van der Waals surface area (Å²) in [6.45, 7) is 9.43. The summed E-state index contributed by atoms with van der Waals surface area (Å²) in [4.78, 5) is 12.4. The van der Waals surface area contributed by atoms with E-state index in [9.17, 15) is 9.90 Å². The lowest BCUT2D eigenvalue weighted by Gasteiger charge is -2.26. The van der Waals surface area contributed by atoms with Gasteiger partial charge in [-0.1, -0.05) is 32.6 Å². The standard InChI is InChI=1S/C18H29N3O2S/c1-12(2)16(11-22)21-17(23)14-6-5-7-15(10-14)18(4,20)8-9-24-13(3)19/h5-7,10,12,16,22H,3,8-9,11,19-20H2,1-2,4H3,(H,21,23). The molecule has 2 atom stereocenters. The molecule has 0 spiro atoms. The van der Waals surface area contributed by atoms with Crippen molar-refractivity contribution in [3.8, 4) is 0 Å². The highest BCUT2D eigenvalue weighted by Crippen LogP contribution is 2.25. The second-order valence-electron chi connectivity index (χ2n) is 6.57. The second kappa shape index (κ2) is 9.11. The van der Waals surface area contributed by atoms with E-state index in [1.54, 1.807) is 6.07 Å². The number of rotatable bonds is 9. The number of nitrogens with one attached hydrogen (secondary N) is 1. The summed E-state index contributed by atoms with van der Waals surface area (Å²) in [5.41, 5.74) is 12.8. The van der Waals surface area contributed by atoms with Crippen molar-refractivity contribution >= 4 is 17.7 Å². The summed E-state index contributed by atoms with van der Waals surface area (Å²) in [6, 6.07) is 7.04. The van der Waals surface area contributed by atoms with Crippen LogP contribution in [0.3, 0.4) is 0 Å². The lowest BCUT2D eigenvalue weighted by molar-refractivity contribution is 0.0896. The molecule has 2 unspecified atom stereocenters. The molecule has 0 saturated carbocycles. The largest absolute Gasteiger partial charge is 0.394 e. The van der Waals surface area contributed by atoms with E-state index in [1.807, 2.05) is 39.0 Å². The van der Waals surface area contributed by atoms with Gasteiger partial charge in [-0.15, -0.1) is 11.8 Å². The Morgan fingerprint density at radius 1 is 1.46 bits per heavy atom. The number of thioether (sulfide) groups is 1. The highest BCUT2D eigenvalue weighted by atomic mass is 32.2. The number of carbonyl (C=O) groups excluding carboxylic acids is 1. The number of hydrogen-bond acceptors (Lipinski definition) is 5. The first-order chi connectivity index (χ1) is 11.2. The van der Waals surface area contributed by atoms with Crippen molar-refractivity contribution in [3.05, 3.63) is 47.0 Å². The molecule has 134 valence electrons. The van der Waals surface area contributed by atoms with Gasteiger partial charge in [0.15, 0.2) is 0 Å². The van der Waals surface area contributed by atoms with Crippen LogP contribution in [0.15, 0.2) is 35.9 Å². The molecule has 0 heterocycles. The third kappa shape index (κ3) is 6.19. The number of hydrogen-bond donors (Lipinski definition) is 4. The predicted octanol–water partition coefficient (Wildman–Crippen LogP) is 2.16. The van der Waals surface area contributed by atoms with Crippen LogP contribution in [0.1, 0.15) is 43.1 Å². The van der Waals surface area contributed by atoms with Crippen LogP contribution in [0, 0.1) is 5.92 Å². The van der Waals surface area contributed by atoms with Crippen molar-refractivity contribution < 1.29 is 9.90 Å². The predicted molar refractivity (Wildman–Crippen MR) is 102 cm³/mol. The van der Waals surface area contributed by atoms with Crippen LogP contribution < -0.4 is 16.8 Å². The van der Waals surface area contributed by atoms with E-state index in [2.05, 4.69) is 11.9 Å². The van der Waals surface area contributed by atoms with Gasteiger partial charge in [-0.25, -0.2) is 0 Å². The zero-order valence-electron chi connectivity index (χ0n) is 14.7. The fourth-order valence-corrected chi connectivity index (χ4v) is 3.02. The van der Waals surface area contributed by atoms with Gasteiger partial charge in [-0.05, 0) is 37.0 Å². The fourth-order valence-electron chi connectivity index (χ4n) is 2.23. The normalized spacial score (nSPS) is 14.9. The maximum atomic E-state index is 12.4. The molecule has 6 heteroatoms. The molecule has 5 nitrogen and oxygen atoms in total. The molecule has 1 aromatic rings. The minimum absolute atomic E-state index is 0.0854. The van der Waals surface area contributed by atoms with E-state index in [1.165, 1.54) is 11.8 Å². The van der Waals surface area contributed by atoms with Crippen LogP contribution in [0.2, 0.25) is 0 Å². The van der Waals surface area contributed by atoms with Gasteiger partial charge in [0, 0.05) is 16.9 Å². The van der Waals surface area contributed by atoms with Crippen LogP contribution in [0.5, 0.6) is 0 Å². The van der Waals surface area contributed by atoms with Gasteiger partial charge in [-0.2, -0.15) is 0 Å². The van der Waals surface area contributed by atoms with Crippen molar-refractivity contribution in [2.75, 3.05) is 12.4 Å². The molecule has 0 aliphatic rings. The first-order valence-corrected chi connectivity index (χ1v) is 9.04. The summed E-state index contributed by atoms with van der Waals surface area (Å²) in [5, 5.41) is 12.8. The molecule has 0 aromatic heterocycles. The molecule has 0 aliphatic heterocycles. The zero-order chi connectivity index (χ0) is 18.3. The molecule has 1 amide bonds. The van der Waals surface area contributed by atoms with Crippen molar-refractivity contribution in [3.63, 3.8) is 0 Å². The Kier molecular flexibility index (Phi) is 7.79. The first-order valence-electron chi connectivity index (χ1n) is 8.05. The molecule has 6 N–H and O–H groups in total. The Morgan fingerprint density at radius 2 is 2.12 bits per heavy atom. The van der Waals surface area contributed by atoms with Gasteiger partial charge >= 0.3 is 0 Å². The van der Waals surface area contributed by atoms with Crippen LogP contribution in [0.25, 0.3) is 0 Å². The lowest BCUT2D eigenvalue weighted by atomic mass is 9.89. The molecular formula is C18H29N3O2S. The van der Waals surface area contributed by atoms with Crippen LogP contribution >= 0.6 is 11.8 Å². The summed E-state index contributed by atoms with van der Waals surface area (Å²) >= 11 is 1.47. The zero-order valence-corrected chi connectivity index (χ0v) is 15.5. The molecule has 1 aromatic carbocycles. The molecule has 0 bridgehead atoms. The molecule has 0 aliphatic carbocycles. The Bertz CT molecular complexity index is 573. The number of aliphatic hydroxyl groups is 1. The van der Waals surface area contributed by atoms with Gasteiger partial charge < -0.3 is 21.9 Å². The summed E-state index contributed by atoms with van der Waals surface area (Å²) in [6.07, 6.45) is 0.713. The van der Waals surface area contributed by atoms with Gasteiger partial charge in [0.1, 0.15) is 0 Å². The van der Waals surface area contributed by atoms with E-state index in [0.717, 1.165) is 11.3 Å². The van der Waals surface area contributed by atoms with Gasteiger partial charge in [0.2, 0.25) is 0 Å². The van der Waals surface area contributed by atoms with Crippen molar-refractivity contribution in [2.45, 2.75) is 38.8 Å². The van der Waals surface area contributed by atoms with Crippen LogP contribution in [-0.4, -0.2) is 29.4 Å². The Labute approximate surface area is 148 Å². The lowest BCUT2D eigenvalue weighted by Crippen LogP contribution is -2.41. The number of benzene rings is 1. The van der Waals surface area contributed by atoms with E-state index in [4.69, 9.17) is 11.5 Å². The number of aliphatic hydroxyl groups excluding tert-OH is 1. The van der Waals surface area contributed by atoms with Crippen molar-refractivity contribution in [1.29, 1.82) is 0 Å². The SMILES string of the molecule is C=C(N)SCCC(C)(N)c1cccc(C(=O)NC(CO)C(C)C)c1. The highest BCUT2D eigenvalue weighted by Gasteiger charge is 2.23. The second-order valence-corrected chi connectivity index (χ2v) is 7.79. The average molecular weight is 352 g/mol. The van der Waals surface area contributed by atoms with E-state index in [-0.39, 0.29) is 24.5 Å². The van der Waals surface area contributed by atoms with Crippen molar-refractivity contribution in [1.82, 2.24) is 5.32 Å². The molecule has 1 rings (SSSR count). The molecule has 0 saturated heterocycles. The minimum atomic E-state index is -0.562. The van der Waals surface area contributed by atoms with E-state index in [0.29, 0.717) is 17.0 Å². The average Bonchev–Trinajstić information content (AvgIpc) is 2.51. The Morgan fingerprint density at radius 3 is 2.67 bits per heavy atom. The number of nitrogens with two attached hydrogens (primary N) is 2. The third-order valence-electron chi connectivity index (χ3n) is 4.01. The maximum Gasteiger partial charge on any atom is 0.251 e. The smallest absolute Gasteiger partial charge is 0.251 e. The quantitative estimate of drug-likeness (QED) is 0.546. The number of carbonyl (C=O) groups is 1. The van der Waals surface area contributed by atoms with Gasteiger partial charge in [0.05, 0.1) is 17.7 Å². The minimum Gasteiger partial charge on any atom is -0.394 e. The Balaban J connectivity index is 2.85.